The van der Waals surface area contributed by atoms with E-state index in [-0.39, 0.29) is 50.0 Å². The quantitative estimate of drug-likeness (QED) is 0.846. The Kier molecular flexibility index (Phi) is 6.62. The number of alkyl halides is 3. The lowest BCUT2D eigenvalue weighted by molar-refractivity contribution is -0.139. The highest BCUT2D eigenvalue weighted by Crippen LogP contribution is 2.30. The number of carboxylic acids is 1. The van der Waals surface area contributed by atoms with Crippen LogP contribution in [0.2, 0.25) is 0 Å². The molecule has 0 aromatic heterocycles. The number of piperazine rings is 1. The highest BCUT2D eigenvalue weighted by atomic mass is 35.5. The fraction of sp³-hybridized carbons (Fsp3) is 0.462. The third-order valence-corrected chi connectivity index (χ3v) is 5.42. The molecule has 1 fully saturated rings. The van der Waals surface area contributed by atoms with Crippen molar-refractivity contribution in [2.45, 2.75) is 11.1 Å². The largest absolute Gasteiger partial charge is 0.480 e. The van der Waals surface area contributed by atoms with E-state index in [1.54, 1.807) is 4.90 Å². The van der Waals surface area contributed by atoms with Crippen molar-refractivity contribution >= 4 is 28.4 Å². The van der Waals surface area contributed by atoms with Crippen LogP contribution in [0.3, 0.4) is 0 Å². The van der Waals surface area contributed by atoms with Crippen molar-refractivity contribution in [3.63, 3.8) is 0 Å². The van der Waals surface area contributed by atoms with E-state index in [0.29, 0.717) is 0 Å². The molecule has 6 nitrogen and oxygen atoms in total. The van der Waals surface area contributed by atoms with Gasteiger partial charge in [0.2, 0.25) is 10.0 Å². The summed E-state index contributed by atoms with van der Waals surface area (Å²) in [6.45, 7) is 0.528. The van der Waals surface area contributed by atoms with Gasteiger partial charge in [-0.05, 0) is 24.3 Å². The summed E-state index contributed by atoms with van der Waals surface area (Å²) in [6, 6.07) is 3.32. The minimum absolute atomic E-state index is 0. The summed E-state index contributed by atoms with van der Waals surface area (Å²) in [4.78, 5) is 12.0. The van der Waals surface area contributed by atoms with Crippen LogP contribution in [-0.4, -0.2) is 61.4 Å². The normalized spacial score (nSPS) is 17.3. The van der Waals surface area contributed by atoms with Gasteiger partial charge in [-0.15, -0.1) is 12.4 Å². The van der Waals surface area contributed by atoms with Gasteiger partial charge in [0.05, 0.1) is 17.0 Å². The lowest BCUT2D eigenvalue weighted by Gasteiger charge is -2.33. The summed E-state index contributed by atoms with van der Waals surface area (Å²) in [6.07, 6.45) is -4.52. The first-order valence-electron chi connectivity index (χ1n) is 6.72. The second-order valence-corrected chi connectivity index (χ2v) is 7.03. The second kappa shape index (κ2) is 7.68. The maximum Gasteiger partial charge on any atom is 0.416 e. The number of carboxylic acid groups (broad SMARTS) is 1. The minimum atomic E-state index is -4.52. The smallest absolute Gasteiger partial charge is 0.416 e. The summed E-state index contributed by atoms with van der Waals surface area (Å²) >= 11 is 0. The van der Waals surface area contributed by atoms with E-state index >= 15 is 0 Å². The maximum atomic E-state index is 12.5. The van der Waals surface area contributed by atoms with Crippen molar-refractivity contribution in [3.8, 4) is 0 Å². The zero-order chi connectivity index (χ0) is 17.3. The summed E-state index contributed by atoms with van der Waals surface area (Å²) in [5, 5.41) is 8.70. The summed E-state index contributed by atoms with van der Waals surface area (Å²) < 4.78 is 63.4. The molecule has 0 bridgehead atoms. The van der Waals surface area contributed by atoms with Crippen molar-refractivity contribution in [3.05, 3.63) is 29.8 Å². The monoisotopic (exact) mass is 388 g/mol. The zero-order valence-corrected chi connectivity index (χ0v) is 14.0. The van der Waals surface area contributed by atoms with Gasteiger partial charge in [0.25, 0.3) is 0 Å². The first-order valence-corrected chi connectivity index (χ1v) is 8.16. The van der Waals surface area contributed by atoms with Crippen LogP contribution in [0.25, 0.3) is 0 Å². The maximum absolute atomic E-state index is 12.5. The van der Waals surface area contributed by atoms with Crippen LogP contribution >= 0.6 is 12.4 Å². The molecule has 1 aliphatic heterocycles. The van der Waals surface area contributed by atoms with Crippen LogP contribution in [0.15, 0.2) is 29.2 Å². The Balaban J connectivity index is 0.00000288. The van der Waals surface area contributed by atoms with Crippen LogP contribution in [0, 0.1) is 0 Å². The molecule has 0 unspecified atom stereocenters. The Bertz CT molecular complexity index is 671. The number of aliphatic carboxylic acids is 1. The molecule has 0 aliphatic carbocycles. The van der Waals surface area contributed by atoms with E-state index < -0.39 is 27.7 Å². The molecule has 1 aromatic carbocycles. The number of sulfonamides is 1. The third-order valence-electron chi connectivity index (χ3n) is 3.51. The van der Waals surface area contributed by atoms with Gasteiger partial charge < -0.3 is 5.11 Å². The fourth-order valence-electron chi connectivity index (χ4n) is 2.28. The highest BCUT2D eigenvalue weighted by molar-refractivity contribution is 7.89. The van der Waals surface area contributed by atoms with Crippen LogP contribution in [0.4, 0.5) is 13.2 Å². The van der Waals surface area contributed by atoms with Crippen LogP contribution in [-0.2, 0) is 21.0 Å². The molecule has 11 heteroatoms. The molecule has 1 heterocycles. The average Bonchev–Trinajstić information content (AvgIpc) is 2.46. The number of rotatable bonds is 4. The zero-order valence-electron chi connectivity index (χ0n) is 12.4. The molecule has 0 atom stereocenters. The number of nitrogens with zero attached hydrogens (tertiary/aromatic N) is 2. The van der Waals surface area contributed by atoms with E-state index in [0.717, 1.165) is 28.6 Å². The van der Waals surface area contributed by atoms with Crippen molar-refractivity contribution in [1.29, 1.82) is 0 Å². The van der Waals surface area contributed by atoms with Gasteiger partial charge in [0, 0.05) is 26.2 Å². The molecule has 24 heavy (non-hydrogen) atoms. The van der Waals surface area contributed by atoms with Gasteiger partial charge in [0.15, 0.2) is 0 Å². The molecule has 0 saturated carbocycles. The standard InChI is InChI=1S/C13H15F3N2O4S.ClH/c14-13(15,16)10-1-3-11(4-2-10)23(21,22)18-7-5-17(6-8-18)9-12(19)20;/h1-4H,5-9H2,(H,19,20);1H. The van der Waals surface area contributed by atoms with Gasteiger partial charge >= 0.3 is 12.1 Å². The van der Waals surface area contributed by atoms with Gasteiger partial charge in [-0.3, -0.25) is 9.69 Å². The van der Waals surface area contributed by atoms with E-state index in [9.17, 15) is 26.4 Å². The van der Waals surface area contributed by atoms with E-state index in [4.69, 9.17) is 5.11 Å². The Morgan fingerprint density at radius 3 is 2.00 bits per heavy atom. The Hall–Kier alpha value is -1.36. The first kappa shape index (κ1) is 20.7. The van der Waals surface area contributed by atoms with Crippen LogP contribution in [0.1, 0.15) is 5.56 Å². The minimum Gasteiger partial charge on any atom is -0.480 e. The van der Waals surface area contributed by atoms with Gasteiger partial charge in [0.1, 0.15) is 0 Å². The topological polar surface area (TPSA) is 77.9 Å². The lowest BCUT2D eigenvalue weighted by atomic mass is 10.2. The molecular weight excluding hydrogens is 373 g/mol. The van der Waals surface area contributed by atoms with E-state index in [1.807, 2.05) is 0 Å². The number of benzene rings is 1. The summed E-state index contributed by atoms with van der Waals surface area (Å²) in [5.41, 5.74) is -0.914. The molecule has 1 N–H and O–H groups in total. The lowest BCUT2D eigenvalue weighted by Crippen LogP contribution is -2.49. The molecule has 0 spiro atoms. The van der Waals surface area contributed by atoms with Crippen LogP contribution in [0.5, 0.6) is 0 Å². The number of hydrogen-bond acceptors (Lipinski definition) is 4. The Morgan fingerprint density at radius 1 is 1.08 bits per heavy atom. The highest BCUT2D eigenvalue weighted by Gasteiger charge is 2.32. The number of halogens is 4. The molecule has 0 amide bonds. The Labute approximate surface area is 143 Å². The molecule has 1 saturated heterocycles. The Morgan fingerprint density at radius 2 is 1.58 bits per heavy atom. The van der Waals surface area contributed by atoms with Gasteiger partial charge in [-0.1, -0.05) is 0 Å². The molecule has 1 aromatic rings. The predicted molar refractivity (Wildman–Crippen MR) is 81.5 cm³/mol. The van der Waals surface area contributed by atoms with Gasteiger partial charge in [-0.2, -0.15) is 17.5 Å². The van der Waals surface area contributed by atoms with Crippen LogP contribution < -0.4 is 0 Å². The van der Waals surface area contributed by atoms with Gasteiger partial charge in [-0.25, -0.2) is 8.42 Å². The van der Waals surface area contributed by atoms with Crippen molar-refractivity contribution in [1.82, 2.24) is 9.21 Å². The SMILES string of the molecule is Cl.O=C(O)CN1CCN(S(=O)(=O)c2ccc(C(F)(F)F)cc2)CC1. The second-order valence-electron chi connectivity index (χ2n) is 5.10. The first-order chi connectivity index (χ1) is 10.6. The predicted octanol–water partition coefficient (Wildman–Crippen LogP) is 1.52. The van der Waals surface area contributed by atoms with Crippen molar-refractivity contribution in [2.75, 3.05) is 32.7 Å². The molecule has 2 rings (SSSR count). The molecule has 0 radical (unpaired) electrons. The third kappa shape index (κ3) is 4.82. The number of hydrogen-bond donors (Lipinski definition) is 1. The van der Waals surface area contributed by atoms with E-state index in [1.165, 1.54) is 0 Å². The molecular formula is C13H16ClF3N2O4S. The summed E-state index contributed by atoms with van der Waals surface area (Å²) in [5.74, 6) is -0.996. The van der Waals surface area contributed by atoms with Crippen molar-refractivity contribution in [2.24, 2.45) is 0 Å². The number of carbonyl (C=O) groups is 1. The fourth-order valence-corrected chi connectivity index (χ4v) is 3.71. The van der Waals surface area contributed by atoms with Crippen molar-refractivity contribution < 1.29 is 31.5 Å². The summed E-state index contributed by atoms with van der Waals surface area (Å²) in [7, 11) is -3.88. The molecule has 1 aliphatic rings. The average molecular weight is 389 g/mol. The molecule has 136 valence electrons. The van der Waals surface area contributed by atoms with E-state index in [2.05, 4.69) is 0 Å².